The summed E-state index contributed by atoms with van der Waals surface area (Å²) in [5.74, 6) is 0.849. The van der Waals surface area contributed by atoms with E-state index in [2.05, 4.69) is 20.9 Å². The number of hydrogen-bond donors (Lipinski definition) is 3. The van der Waals surface area contributed by atoms with E-state index in [0.717, 1.165) is 24.2 Å². The average Bonchev–Trinajstić information content (AvgIpc) is 3.06. The quantitative estimate of drug-likeness (QED) is 0.550. The van der Waals surface area contributed by atoms with Gasteiger partial charge in [0.15, 0.2) is 5.96 Å². The molecular formula is C19H29N5O2. The van der Waals surface area contributed by atoms with Crippen LogP contribution < -0.4 is 16.0 Å². The van der Waals surface area contributed by atoms with Crippen LogP contribution in [0.4, 0.5) is 5.69 Å². The zero-order valence-corrected chi connectivity index (χ0v) is 16.0. The van der Waals surface area contributed by atoms with Crippen molar-refractivity contribution in [1.82, 2.24) is 15.5 Å². The van der Waals surface area contributed by atoms with Crippen LogP contribution in [-0.2, 0) is 16.1 Å². The van der Waals surface area contributed by atoms with Crippen molar-refractivity contribution >= 4 is 23.5 Å². The molecule has 1 atom stereocenters. The number of carbonyl (C=O) groups is 2. The predicted molar refractivity (Wildman–Crippen MR) is 104 cm³/mol. The number of likely N-dealkylation sites (tertiary alicyclic amines) is 1. The molecular weight excluding hydrogens is 330 g/mol. The molecule has 2 amide bonds. The highest BCUT2D eigenvalue weighted by atomic mass is 16.2. The lowest BCUT2D eigenvalue weighted by Gasteiger charge is -2.20. The van der Waals surface area contributed by atoms with E-state index in [1.807, 2.05) is 43.0 Å². The van der Waals surface area contributed by atoms with Crippen LogP contribution in [0.15, 0.2) is 29.3 Å². The molecule has 1 aliphatic heterocycles. The van der Waals surface area contributed by atoms with Crippen LogP contribution in [0.5, 0.6) is 0 Å². The minimum Gasteiger partial charge on any atom is -0.352 e. The third-order valence-electron chi connectivity index (χ3n) is 4.27. The van der Waals surface area contributed by atoms with Gasteiger partial charge in [0.2, 0.25) is 11.8 Å². The maximum absolute atomic E-state index is 12.1. The molecule has 1 aromatic rings. The van der Waals surface area contributed by atoms with Crippen LogP contribution in [0.2, 0.25) is 0 Å². The van der Waals surface area contributed by atoms with E-state index in [0.29, 0.717) is 19.0 Å². The lowest BCUT2D eigenvalue weighted by Crippen LogP contribution is -2.45. The number of amides is 2. The van der Waals surface area contributed by atoms with E-state index < -0.39 is 0 Å². The molecule has 0 radical (unpaired) electrons. The molecule has 0 bridgehead atoms. The van der Waals surface area contributed by atoms with Gasteiger partial charge >= 0.3 is 0 Å². The SMILES string of the molecule is CN=C(NCc1cccc(NC(C)=O)c1)NC1CCN(C(=O)C(C)C)C1. The number of guanidine groups is 1. The molecule has 7 heteroatoms. The van der Waals surface area contributed by atoms with Crippen molar-refractivity contribution in [2.24, 2.45) is 10.9 Å². The Kier molecular flexibility index (Phi) is 7.00. The van der Waals surface area contributed by atoms with Gasteiger partial charge in [0, 0.05) is 51.3 Å². The zero-order chi connectivity index (χ0) is 19.1. The molecule has 0 aliphatic carbocycles. The number of hydrogen-bond acceptors (Lipinski definition) is 3. The van der Waals surface area contributed by atoms with Crippen molar-refractivity contribution in [3.63, 3.8) is 0 Å². The largest absolute Gasteiger partial charge is 0.352 e. The Labute approximate surface area is 155 Å². The fourth-order valence-corrected chi connectivity index (χ4v) is 2.98. The number of anilines is 1. The minimum atomic E-state index is -0.0886. The summed E-state index contributed by atoms with van der Waals surface area (Å²) in [4.78, 5) is 29.4. The van der Waals surface area contributed by atoms with Crippen LogP contribution in [0, 0.1) is 5.92 Å². The first-order valence-electron chi connectivity index (χ1n) is 9.01. The zero-order valence-electron chi connectivity index (χ0n) is 16.0. The highest BCUT2D eigenvalue weighted by Gasteiger charge is 2.27. The Bertz CT molecular complexity index is 672. The summed E-state index contributed by atoms with van der Waals surface area (Å²) in [6.07, 6.45) is 0.914. The smallest absolute Gasteiger partial charge is 0.225 e. The van der Waals surface area contributed by atoms with Gasteiger partial charge in [-0.05, 0) is 24.1 Å². The number of aliphatic imine (C=N–C) groups is 1. The topological polar surface area (TPSA) is 85.8 Å². The molecule has 2 rings (SSSR count). The number of nitrogens with zero attached hydrogens (tertiary/aromatic N) is 2. The van der Waals surface area contributed by atoms with Gasteiger partial charge in [0.05, 0.1) is 0 Å². The van der Waals surface area contributed by atoms with Crippen molar-refractivity contribution in [2.75, 3.05) is 25.5 Å². The second-order valence-corrected chi connectivity index (χ2v) is 6.88. The Morgan fingerprint density at radius 3 is 2.77 bits per heavy atom. The van der Waals surface area contributed by atoms with Gasteiger partial charge in [-0.1, -0.05) is 26.0 Å². The third kappa shape index (κ3) is 5.75. The van der Waals surface area contributed by atoms with Crippen LogP contribution in [0.1, 0.15) is 32.8 Å². The molecule has 142 valence electrons. The lowest BCUT2D eigenvalue weighted by atomic mass is 10.2. The summed E-state index contributed by atoms with van der Waals surface area (Å²) in [5.41, 5.74) is 1.82. The summed E-state index contributed by atoms with van der Waals surface area (Å²) in [5, 5.41) is 9.44. The Morgan fingerprint density at radius 2 is 2.12 bits per heavy atom. The summed E-state index contributed by atoms with van der Waals surface area (Å²) in [6, 6.07) is 7.89. The summed E-state index contributed by atoms with van der Waals surface area (Å²) >= 11 is 0. The number of benzene rings is 1. The maximum Gasteiger partial charge on any atom is 0.225 e. The highest BCUT2D eigenvalue weighted by molar-refractivity contribution is 5.88. The van der Waals surface area contributed by atoms with Gasteiger partial charge in [-0.25, -0.2) is 0 Å². The molecule has 0 saturated carbocycles. The van der Waals surface area contributed by atoms with E-state index in [4.69, 9.17) is 0 Å². The van der Waals surface area contributed by atoms with E-state index in [1.54, 1.807) is 7.05 Å². The molecule has 7 nitrogen and oxygen atoms in total. The molecule has 1 saturated heterocycles. The van der Waals surface area contributed by atoms with Gasteiger partial charge in [0.25, 0.3) is 0 Å². The van der Waals surface area contributed by atoms with Crippen molar-refractivity contribution in [1.29, 1.82) is 0 Å². The first-order chi connectivity index (χ1) is 12.4. The van der Waals surface area contributed by atoms with Gasteiger partial charge in [0.1, 0.15) is 0 Å². The van der Waals surface area contributed by atoms with Crippen LogP contribution in [-0.4, -0.2) is 48.9 Å². The minimum absolute atomic E-state index is 0.0297. The predicted octanol–water partition coefficient (Wildman–Crippen LogP) is 1.57. The average molecular weight is 359 g/mol. The van der Waals surface area contributed by atoms with E-state index in [-0.39, 0.29) is 23.8 Å². The van der Waals surface area contributed by atoms with Crippen molar-refractivity contribution in [2.45, 2.75) is 39.8 Å². The second kappa shape index (κ2) is 9.22. The Balaban J connectivity index is 1.85. The molecule has 3 N–H and O–H groups in total. The van der Waals surface area contributed by atoms with Crippen molar-refractivity contribution in [3.05, 3.63) is 29.8 Å². The van der Waals surface area contributed by atoms with Gasteiger partial charge in [-0.3, -0.25) is 14.6 Å². The number of nitrogens with one attached hydrogen (secondary N) is 3. The van der Waals surface area contributed by atoms with Crippen LogP contribution in [0.25, 0.3) is 0 Å². The van der Waals surface area contributed by atoms with Crippen molar-refractivity contribution in [3.8, 4) is 0 Å². The molecule has 1 unspecified atom stereocenters. The van der Waals surface area contributed by atoms with E-state index in [1.165, 1.54) is 6.92 Å². The molecule has 0 spiro atoms. The van der Waals surface area contributed by atoms with Crippen molar-refractivity contribution < 1.29 is 9.59 Å². The van der Waals surface area contributed by atoms with Gasteiger partial charge < -0.3 is 20.9 Å². The first kappa shape index (κ1) is 19.8. The second-order valence-electron chi connectivity index (χ2n) is 6.88. The highest BCUT2D eigenvalue weighted by Crippen LogP contribution is 2.13. The third-order valence-corrected chi connectivity index (χ3v) is 4.27. The molecule has 1 aliphatic rings. The Hall–Kier alpha value is -2.57. The standard InChI is InChI=1S/C19H29N5O2/c1-13(2)18(26)24-9-8-17(12-24)23-19(20-4)21-11-15-6-5-7-16(10-15)22-14(3)25/h5-7,10,13,17H,8-9,11-12H2,1-4H3,(H,22,25)(H2,20,21,23). The van der Waals surface area contributed by atoms with E-state index in [9.17, 15) is 9.59 Å². The molecule has 1 heterocycles. The summed E-state index contributed by atoms with van der Waals surface area (Å²) in [7, 11) is 1.73. The molecule has 0 aromatic heterocycles. The monoisotopic (exact) mass is 359 g/mol. The molecule has 1 aromatic carbocycles. The molecule has 26 heavy (non-hydrogen) atoms. The van der Waals surface area contributed by atoms with E-state index >= 15 is 0 Å². The lowest BCUT2D eigenvalue weighted by molar-refractivity contribution is -0.133. The normalized spacial score (nSPS) is 17.3. The van der Waals surface area contributed by atoms with Gasteiger partial charge in [-0.2, -0.15) is 0 Å². The fraction of sp³-hybridized carbons (Fsp3) is 0.526. The Morgan fingerprint density at radius 1 is 1.35 bits per heavy atom. The summed E-state index contributed by atoms with van der Waals surface area (Å²) in [6.45, 7) is 7.43. The van der Waals surface area contributed by atoms with Crippen LogP contribution >= 0.6 is 0 Å². The molecule has 1 fully saturated rings. The number of rotatable bonds is 5. The summed E-state index contributed by atoms with van der Waals surface area (Å²) < 4.78 is 0. The maximum atomic E-state index is 12.1. The fourth-order valence-electron chi connectivity index (χ4n) is 2.98. The first-order valence-corrected chi connectivity index (χ1v) is 9.01. The van der Waals surface area contributed by atoms with Gasteiger partial charge in [-0.15, -0.1) is 0 Å². The van der Waals surface area contributed by atoms with Crippen LogP contribution in [0.3, 0.4) is 0 Å². The number of carbonyl (C=O) groups excluding carboxylic acids is 2.